The molecule has 68 valence electrons. The van der Waals surface area contributed by atoms with Gasteiger partial charge >= 0.3 is 0 Å². The molecule has 0 bridgehead atoms. The Morgan fingerprint density at radius 2 is 2.33 bits per heavy atom. The van der Waals surface area contributed by atoms with E-state index in [9.17, 15) is 9.59 Å². The van der Waals surface area contributed by atoms with Gasteiger partial charge in [-0.15, -0.1) is 0 Å². The lowest BCUT2D eigenvalue weighted by Crippen LogP contribution is -2.38. The van der Waals surface area contributed by atoms with Gasteiger partial charge in [0, 0.05) is 12.8 Å². The molecule has 1 fully saturated rings. The van der Waals surface area contributed by atoms with Crippen molar-refractivity contribution in [2.75, 3.05) is 0 Å². The second-order valence-corrected chi connectivity index (χ2v) is 3.19. The second-order valence-electron chi connectivity index (χ2n) is 3.19. The molecule has 1 aliphatic rings. The quantitative estimate of drug-likeness (QED) is 0.671. The number of amides is 1. The summed E-state index contributed by atoms with van der Waals surface area (Å²) >= 11 is 0. The molecule has 1 unspecified atom stereocenters. The van der Waals surface area contributed by atoms with Gasteiger partial charge in [0.25, 0.3) is 0 Å². The minimum atomic E-state index is -0.204. The SMILES string of the molecule is CCC(=O)C1CCCCC(=O)N1. The van der Waals surface area contributed by atoms with Crippen molar-refractivity contribution < 1.29 is 9.59 Å². The minimum Gasteiger partial charge on any atom is -0.346 e. The van der Waals surface area contributed by atoms with Crippen molar-refractivity contribution >= 4 is 11.7 Å². The first kappa shape index (κ1) is 9.23. The van der Waals surface area contributed by atoms with E-state index in [1.54, 1.807) is 0 Å². The van der Waals surface area contributed by atoms with Gasteiger partial charge in [-0.2, -0.15) is 0 Å². The third kappa shape index (κ3) is 2.32. The van der Waals surface area contributed by atoms with Crippen molar-refractivity contribution in [3.63, 3.8) is 0 Å². The van der Waals surface area contributed by atoms with Crippen LogP contribution in [0.15, 0.2) is 0 Å². The third-order valence-electron chi connectivity index (χ3n) is 2.22. The van der Waals surface area contributed by atoms with Crippen molar-refractivity contribution in [1.29, 1.82) is 0 Å². The highest BCUT2D eigenvalue weighted by atomic mass is 16.2. The largest absolute Gasteiger partial charge is 0.346 e. The Hall–Kier alpha value is -0.860. The molecule has 1 aliphatic heterocycles. The number of carbonyl (C=O) groups is 2. The fourth-order valence-corrected chi connectivity index (χ4v) is 1.46. The molecule has 0 radical (unpaired) electrons. The Bertz CT molecular complexity index is 189. The summed E-state index contributed by atoms with van der Waals surface area (Å²) in [7, 11) is 0. The van der Waals surface area contributed by atoms with Gasteiger partial charge in [-0.3, -0.25) is 9.59 Å². The van der Waals surface area contributed by atoms with Crippen LogP contribution in [0.25, 0.3) is 0 Å². The van der Waals surface area contributed by atoms with Crippen LogP contribution in [0.2, 0.25) is 0 Å². The zero-order valence-corrected chi connectivity index (χ0v) is 7.43. The Balaban J connectivity index is 2.51. The molecule has 1 rings (SSSR count). The highest BCUT2D eigenvalue weighted by Crippen LogP contribution is 2.10. The van der Waals surface area contributed by atoms with E-state index in [4.69, 9.17) is 0 Å². The van der Waals surface area contributed by atoms with E-state index in [0.717, 1.165) is 19.3 Å². The zero-order chi connectivity index (χ0) is 8.97. The van der Waals surface area contributed by atoms with Gasteiger partial charge in [0.15, 0.2) is 5.78 Å². The van der Waals surface area contributed by atoms with E-state index < -0.39 is 0 Å². The van der Waals surface area contributed by atoms with Gasteiger partial charge in [-0.05, 0) is 12.8 Å². The smallest absolute Gasteiger partial charge is 0.220 e. The number of rotatable bonds is 2. The molecule has 0 aromatic carbocycles. The normalized spacial score (nSPS) is 24.4. The number of nitrogens with one attached hydrogen (secondary N) is 1. The lowest BCUT2D eigenvalue weighted by atomic mass is 10.1. The predicted molar refractivity (Wildman–Crippen MR) is 45.7 cm³/mol. The summed E-state index contributed by atoms with van der Waals surface area (Å²) in [5, 5.41) is 2.74. The molecule has 1 amide bonds. The molecule has 0 spiro atoms. The molecule has 1 atom stereocenters. The number of carbonyl (C=O) groups excluding carboxylic acids is 2. The molecule has 1 N–H and O–H groups in total. The van der Waals surface area contributed by atoms with Crippen LogP contribution in [0, 0.1) is 0 Å². The van der Waals surface area contributed by atoms with E-state index in [1.165, 1.54) is 0 Å². The average Bonchev–Trinajstić information content (AvgIpc) is 2.28. The summed E-state index contributed by atoms with van der Waals surface area (Å²) in [6.45, 7) is 1.83. The van der Waals surface area contributed by atoms with E-state index >= 15 is 0 Å². The van der Waals surface area contributed by atoms with Crippen molar-refractivity contribution in [1.82, 2.24) is 5.32 Å². The Morgan fingerprint density at radius 1 is 1.58 bits per heavy atom. The number of Topliss-reactive ketones (excluding diaryl/α,β-unsaturated/α-hetero) is 1. The molecule has 3 nitrogen and oxygen atoms in total. The monoisotopic (exact) mass is 169 g/mol. The standard InChI is InChI=1S/C9H15NO2/c1-2-8(11)7-5-3-4-6-9(12)10-7/h7H,2-6H2,1H3,(H,10,12). The number of ketones is 1. The Labute approximate surface area is 72.5 Å². The number of hydrogen-bond donors (Lipinski definition) is 1. The minimum absolute atomic E-state index is 0.0271. The van der Waals surface area contributed by atoms with E-state index in [-0.39, 0.29) is 17.7 Å². The molecule has 0 aromatic heterocycles. The van der Waals surface area contributed by atoms with E-state index in [2.05, 4.69) is 5.32 Å². The highest BCUT2D eigenvalue weighted by Gasteiger charge is 2.20. The maximum atomic E-state index is 11.3. The molecule has 1 heterocycles. The van der Waals surface area contributed by atoms with Crippen LogP contribution < -0.4 is 5.32 Å². The first-order valence-corrected chi connectivity index (χ1v) is 4.56. The fourth-order valence-electron chi connectivity index (χ4n) is 1.46. The van der Waals surface area contributed by atoms with E-state index in [1.807, 2.05) is 6.92 Å². The molecule has 0 saturated carbocycles. The molecule has 0 aromatic rings. The molecule has 3 heteroatoms. The highest BCUT2D eigenvalue weighted by molar-refractivity contribution is 5.89. The first-order chi connectivity index (χ1) is 5.74. The maximum Gasteiger partial charge on any atom is 0.220 e. The van der Waals surface area contributed by atoms with Gasteiger partial charge in [0.2, 0.25) is 5.91 Å². The summed E-state index contributed by atoms with van der Waals surface area (Å²) in [5.74, 6) is 0.185. The summed E-state index contributed by atoms with van der Waals surface area (Å²) < 4.78 is 0. The third-order valence-corrected chi connectivity index (χ3v) is 2.22. The lowest BCUT2D eigenvalue weighted by molar-refractivity contribution is -0.127. The zero-order valence-electron chi connectivity index (χ0n) is 7.43. The Morgan fingerprint density at radius 3 is 3.00 bits per heavy atom. The van der Waals surface area contributed by atoms with Crippen molar-refractivity contribution in [3.8, 4) is 0 Å². The first-order valence-electron chi connectivity index (χ1n) is 4.56. The van der Waals surface area contributed by atoms with Gasteiger partial charge in [-0.1, -0.05) is 13.3 Å². The molecule has 0 aliphatic carbocycles. The number of hydrogen-bond acceptors (Lipinski definition) is 2. The second kappa shape index (κ2) is 4.24. The topological polar surface area (TPSA) is 46.2 Å². The van der Waals surface area contributed by atoms with E-state index in [0.29, 0.717) is 12.8 Å². The van der Waals surface area contributed by atoms with Crippen LogP contribution in [0.1, 0.15) is 39.0 Å². The predicted octanol–water partition coefficient (Wildman–Crippen LogP) is 1.02. The van der Waals surface area contributed by atoms with Crippen LogP contribution in [-0.4, -0.2) is 17.7 Å². The van der Waals surface area contributed by atoms with Gasteiger partial charge in [0.1, 0.15) is 0 Å². The van der Waals surface area contributed by atoms with Gasteiger partial charge < -0.3 is 5.32 Å². The fraction of sp³-hybridized carbons (Fsp3) is 0.778. The molecular formula is C9H15NO2. The van der Waals surface area contributed by atoms with Crippen molar-refractivity contribution in [2.24, 2.45) is 0 Å². The van der Waals surface area contributed by atoms with Crippen LogP contribution in [0.3, 0.4) is 0 Å². The molecule has 1 saturated heterocycles. The lowest BCUT2D eigenvalue weighted by Gasteiger charge is -2.12. The summed E-state index contributed by atoms with van der Waals surface area (Å²) in [4.78, 5) is 22.3. The van der Waals surface area contributed by atoms with Crippen LogP contribution in [0.5, 0.6) is 0 Å². The summed E-state index contributed by atoms with van der Waals surface area (Å²) in [6.07, 6.45) is 3.81. The molecular weight excluding hydrogens is 154 g/mol. The van der Waals surface area contributed by atoms with Gasteiger partial charge in [0.05, 0.1) is 6.04 Å². The van der Waals surface area contributed by atoms with Crippen LogP contribution in [0.4, 0.5) is 0 Å². The summed E-state index contributed by atoms with van der Waals surface area (Å²) in [5.41, 5.74) is 0. The van der Waals surface area contributed by atoms with Crippen molar-refractivity contribution in [2.45, 2.75) is 45.1 Å². The van der Waals surface area contributed by atoms with Crippen molar-refractivity contribution in [3.05, 3.63) is 0 Å². The molecule has 12 heavy (non-hydrogen) atoms. The maximum absolute atomic E-state index is 11.3. The van der Waals surface area contributed by atoms with Gasteiger partial charge in [-0.25, -0.2) is 0 Å². The summed E-state index contributed by atoms with van der Waals surface area (Å²) in [6, 6.07) is -0.204. The Kier molecular flexibility index (Phi) is 3.26. The van der Waals surface area contributed by atoms with Crippen LogP contribution >= 0.6 is 0 Å². The van der Waals surface area contributed by atoms with Crippen LogP contribution in [-0.2, 0) is 9.59 Å². The average molecular weight is 169 g/mol.